The quantitative estimate of drug-likeness (QED) is 0.742. The van der Waals surface area contributed by atoms with E-state index in [1.54, 1.807) is 23.1 Å². The number of primary amides is 1. The van der Waals surface area contributed by atoms with E-state index in [2.05, 4.69) is 5.32 Å². The number of hydrogen-bond donors (Lipinski definition) is 3. The minimum Gasteiger partial charge on any atom is -0.480 e. The van der Waals surface area contributed by atoms with Gasteiger partial charge in [0.2, 0.25) is 0 Å². The number of piperazine rings is 1. The van der Waals surface area contributed by atoms with Gasteiger partial charge in [-0.15, -0.1) is 0 Å². The molecule has 4 N–H and O–H groups in total. The van der Waals surface area contributed by atoms with Gasteiger partial charge in [0, 0.05) is 19.6 Å². The van der Waals surface area contributed by atoms with Crippen molar-refractivity contribution < 1.29 is 14.7 Å². The maximum Gasteiger partial charge on any atom is 0.327 e. The Bertz CT molecular complexity index is 521. The predicted molar refractivity (Wildman–Crippen MR) is 71.6 cm³/mol. The Hall–Kier alpha value is -1.79. The van der Waals surface area contributed by atoms with Crippen LogP contribution in [0.3, 0.4) is 0 Å². The fraction of sp³-hybridized carbons (Fsp3) is 0.333. The molecule has 1 fully saturated rings. The summed E-state index contributed by atoms with van der Waals surface area (Å²) in [7, 11) is 0. The second-order valence-electron chi connectivity index (χ2n) is 4.25. The smallest absolute Gasteiger partial charge is 0.327 e. The van der Waals surface area contributed by atoms with E-state index >= 15 is 0 Å². The van der Waals surface area contributed by atoms with Gasteiger partial charge in [0.05, 0.1) is 16.3 Å². The number of nitrogens with zero attached hydrogens (tertiary/aromatic N) is 1. The van der Waals surface area contributed by atoms with Crippen LogP contribution in [0.2, 0.25) is 5.02 Å². The molecule has 1 aliphatic rings. The van der Waals surface area contributed by atoms with E-state index in [1.807, 2.05) is 0 Å². The summed E-state index contributed by atoms with van der Waals surface area (Å²) in [5.41, 5.74) is 5.96. The molecule has 0 bridgehead atoms. The van der Waals surface area contributed by atoms with E-state index in [0.717, 1.165) is 0 Å². The molecule has 1 aromatic rings. The normalized spacial score (nSPS) is 19.2. The second kappa shape index (κ2) is 5.46. The molecule has 0 aliphatic carbocycles. The lowest BCUT2D eigenvalue weighted by Gasteiger charge is -2.36. The van der Waals surface area contributed by atoms with Crippen LogP contribution in [0.5, 0.6) is 0 Å². The van der Waals surface area contributed by atoms with Crippen LogP contribution >= 0.6 is 11.6 Å². The predicted octanol–water partition coefficient (Wildman–Crippen LogP) is 0.302. The topological polar surface area (TPSA) is 95.7 Å². The second-order valence-corrected chi connectivity index (χ2v) is 4.66. The lowest BCUT2D eigenvalue weighted by Crippen LogP contribution is -2.55. The van der Waals surface area contributed by atoms with E-state index in [9.17, 15) is 14.7 Å². The van der Waals surface area contributed by atoms with Crippen molar-refractivity contribution in [2.75, 3.05) is 24.5 Å². The third-order valence-corrected chi connectivity index (χ3v) is 3.39. The molecule has 2 rings (SSSR count). The molecule has 102 valence electrons. The van der Waals surface area contributed by atoms with Crippen LogP contribution in [0.1, 0.15) is 10.4 Å². The van der Waals surface area contributed by atoms with Crippen molar-refractivity contribution in [3.63, 3.8) is 0 Å². The van der Waals surface area contributed by atoms with Crippen LogP contribution in [0.25, 0.3) is 0 Å². The maximum absolute atomic E-state index is 11.5. The summed E-state index contributed by atoms with van der Waals surface area (Å²) in [6.07, 6.45) is 0. The molecule has 1 aliphatic heterocycles. The Morgan fingerprint density at radius 3 is 2.84 bits per heavy atom. The van der Waals surface area contributed by atoms with Gasteiger partial charge in [-0.3, -0.25) is 4.79 Å². The average molecular weight is 284 g/mol. The minimum atomic E-state index is -0.956. The zero-order chi connectivity index (χ0) is 14.0. The van der Waals surface area contributed by atoms with Gasteiger partial charge in [0.25, 0.3) is 5.91 Å². The number of anilines is 1. The van der Waals surface area contributed by atoms with Crippen LogP contribution in [0, 0.1) is 0 Å². The van der Waals surface area contributed by atoms with Crippen molar-refractivity contribution in [2.24, 2.45) is 5.73 Å². The van der Waals surface area contributed by atoms with Crippen LogP contribution < -0.4 is 16.0 Å². The molecule has 1 heterocycles. The zero-order valence-electron chi connectivity index (χ0n) is 10.1. The van der Waals surface area contributed by atoms with Gasteiger partial charge >= 0.3 is 5.97 Å². The number of carbonyl (C=O) groups is 2. The Balaban J connectivity index is 2.47. The van der Waals surface area contributed by atoms with Crippen molar-refractivity contribution >= 4 is 29.2 Å². The zero-order valence-corrected chi connectivity index (χ0v) is 10.9. The lowest BCUT2D eigenvalue weighted by atomic mass is 10.1. The Kier molecular flexibility index (Phi) is 3.92. The van der Waals surface area contributed by atoms with Gasteiger partial charge in [-0.05, 0) is 12.1 Å². The molecule has 0 radical (unpaired) electrons. The molecule has 1 aromatic carbocycles. The van der Waals surface area contributed by atoms with E-state index in [4.69, 9.17) is 17.3 Å². The molecule has 1 unspecified atom stereocenters. The molecule has 7 heteroatoms. The highest BCUT2D eigenvalue weighted by molar-refractivity contribution is 6.34. The first-order chi connectivity index (χ1) is 9.02. The SMILES string of the molecule is NC(=O)c1c(Cl)cccc1N1CCNCC1C(=O)O. The van der Waals surface area contributed by atoms with Crippen LogP contribution in [-0.2, 0) is 4.79 Å². The molecule has 6 nitrogen and oxygen atoms in total. The van der Waals surface area contributed by atoms with E-state index in [-0.39, 0.29) is 10.6 Å². The maximum atomic E-state index is 11.5. The molecule has 19 heavy (non-hydrogen) atoms. The summed E-state index contributed by atoms with van der Waals surface area (Å²) < 4.78 is 0. The van der Waals surface area contributed by atoms with Crippen molar-refractivity contribution in [1.29, 1.82) is 0 Å². The summed E-state index contributed by atoms with van der Waals surface area (Å²) in [5, 5.41) is 12.5. The first kappa shape index (κ1) is 13.6. The number of carbonyl (C=O) groups excluding carboxylic acids is 1. The molecular weight excluding hydrogens is 270 g/mol. The molecule has 1 atom stereocenters. The highest BCUT2D eigenvalue weighted by Crippen LogP contribution is 2.29. The van der Waals surface area contributed by atoms with E-state index in [0.29, 0.717) is 25.3 Å². The van der Waals surface area contributed by atoms with Gasteiger partial charge in [0.15, 0.2) is 0 Å². The molecular formula is C12H14ClN3O3. The fourth-order valence-electron chi connectivity index (χ4n) is 2.21. The summed E-state index contributed by atoms with van der Waals surface area (Å²) in [5.74, 6) is -1.62. The van der Waals surface area contributed by atoms with Gasteiger partial charge in [-0.25, -0.2) is 4.79 Å². The number of halogens is 1. The van der Waals surface area contributed by atoms with Crippen LogP contribution in [0.15, 0.2) is 18.2 Å². The Morgan fingerprint density at radius 1 is 1.47 bits per heavy atom. The highest BCUT2D eigenvalue weighted by atomic mass is 35.5. The first-order valence-electron chi connectivity index (χ1n) is 5.81. The Morgan fingerprint density at radius 2 is 2.21 bits per heavy atom. The molecule has 1 saturated heterocycles. The van der Waals surface area contributed by atoms with Gasteiger partial charge in [-0.2, -0.15) is 0 Å². The minimum absolute atomic E-state index is 0.164. The number of carboxylic acid groups (broad SMARTS) is 1. The molecule has 0 aromatic heterocycles. The van der Waals surface area contributed by atoms with E-state index < -0.39 is 17.9 Å². The van der Waals surface area contributed by atoms with Crippen molar-refractivity contribution in [3.05, 3.63) is 28.8 Å². The summed E-state index contributed by atoms with van der Waals surface area (Å²) in [6.45, 7) is 1.41. The fourth-order valence-corrected chi connectivity index (χ4v) is 2.47. The summed E-state index contributed by atoms with van der Waals surface area (Å²) in [6, 6.07) is 4.15. The molecule has 0 saturated carbocycles. The lowest BCUT2D eigenvalue weighted by molar-refractivity contribution is -0.138. The highest BCUT2D eigenvalue weighted by Gasteiger charge is 2.31. The van der Waals surface area contributed by atoms with Crippen molar-refractivity contribution in [2.45, 2.75) is 6.04 Å². The number of benzene rings is 1. The van der Waals surface area contributed by atoms with Gasteiger partial charge in [-0.1, -0.05) is 17.7 Å². The average Bonchev–Trinajstić information content (AvgIpc) is 2.37. The number of nitrogens with one attached hydrogen (secondary N) is 1. The number of nitrogens with two attached hydrogens (primary N) is 1. The van der Waals surface area contributed by atoms with E-state index in [1.165, 1.54) is 0 Å². The number of hydrogen-bond acceptors (Lipinski definition) is 4. The largest absolute Gasteiger partial charge is 0.480 e. The summed E-state index contributed by atoms with van der Waals surface area (Å²) in [4.78, 5) is 24.4. The number of carboxylic acids is 1. The first-order valence-corrected chi connectivity index (χ1v) is 6.18. The monoisotopic (exact) mass is 283 g/mol. The number of aliphatic carboxylic acids is 1. The van der Waals surface area contributed by atoms with Gasteiger partial charge in [0.1, 0.15) is 6.04 Å². The summed E-state index contributed by atoms with van der Waals surface area (Å²) >= 11 is 5.98. The molecule has 1 amide bonds. The third kappa shape index (κ3) is 2.64. The standard InChI is InChI=1S/C12H14ClN3O3/c13-7-2-1-3-8(10(7)11(14)17)16-5-4-15-6-9(16)12(18)19/h1-3,9,15H,4-6H2,(H2,14,17)(H,18,19). The Labute approximate surface area is 115 Å². The number of amides is 1. The number of rotatable bonds is 3. The van der Waals surface area contributed by atoms with Crippen LogP contribution in [-0.4, -0.2) is 42.7 Å². The van der Waals surface area contributed by atoms with Crippen molar-refractivity contribution in [3.8, 4) is 0 Å². The molecule has 0 spiro atoms. The third-order valence-electron chi connectivity index (χ3n) is 3.08. The van der Waals surface area contributed by atoms with Crippen LogP contribution in [0.4, 0.5) is 5.69 Å². The van der Waals surface area contributed by atoms with Gasteiger partial charge < -0.3 is 21.1 Å². The van der Waals surface area contributed by atoms with Crippen molar-refractivity contribution in [1.82, 2.24) is 5.32 Å².